The number of pyridine rings is 1. The van der Waals surface area contributed by atoms with Gasteiger partial charge in [0, 0.05) is 18.3 Å². The van der Waals surface area contributed by atoms with Gasteiger partial charge in [0.2, 0.25) is 0 Å². The van der Waals surface area contributed by atoms with Gasteiger partial charge in [0.25, 0.3) is 5.60 Å². The van der Waals surface area contributed by atoms with E-state index in [-0.39, 0.29) is 32.1 Å². The van der Waals surface area contributed by atoms with Gasteiger partial charge in [0.15, 0.2) is 6.29 Å². The molecule has 0 spiro atoms. The maximum atomic E-state index is 11.5. The molecule has 1 aliphatic heterocycles. The number of hydrogen-bond acceptors (Lipinski definition) is 6. The molecule has 1 atom stereocenters. The summed E-state index contributed by atoms with van der Waals surface area (Å²) >= 11 is 0. The van der Waals surface area contributed by atoms with Gasteiger partial charge in [-0.1, -0.05) is 6.07 Å². The van der Waals surface area contributed by atoms with Crippen LogP contribution in [0.1, 0.15) is 5.69 Å². The molecule has 0 bridgehead atoms. The monoisotopic (exact) mass is 305 g/mol. The van der Waals surface area contributed by atoms with E-state index in [0.717, 1.165) is 0 Å². The van der Waals surface area contributed by atoms with Crippen molar-refractivity contribution in [1.82, 2.24) is 4.98 Å². The molecule has 2 N–H and O–H groups in total. The molecule has 9 heteroatoms. The van der Waals surface area contributed by atoms with Crippen LogP contribution in [-0.2, 0) is 30.2 Å². The predicted molar refractivity (Wildman–Crippen MR) is 74.7 cm³/mol. The number of ether oxygens (including phenoxy) is 3. The van der Waals surface area contributed by atoms with E-state index in [2.05, 4.69) is 4.98 Å². The van der Waals surface area contributed by atoms with Gasteiger partial charge in [-0.25, -0.2) is 9.59 Å². The molecule has 1 aliphatic rings. The third kappa shape index (κ3) is 4.29. The first-order valence-corrected chi connectivity index (χ1v) is 6.28. The van der Waals surface area contributed by atoms with Crippen LogP contribution in [0.5, 0.6) is 0 Å². The molecule has 0 radical (unpaired) electrons. The van der Waals surface area contributed by atoms with Crippen LogP contribution < -0.4 is 0 Å². The van der Waals surface area contributed by atoms with Crippen molar-refractivity contribution in [1.29, 1.82) is 0 Å². The molecule has 1 unspecified atom stereocenters. The number of aliphatic carboxylic acids is 2. The van der Waals surface area contributed by atoms with Gasteiger partial charge in [-0.2, -0.15) is 0 Å². The van der Waals surface area contributed by atoms with E-state index in [1.165, 1.54) is 12.3 Å². The molecular weight excluding hydrogens is 289 g/mol. The third-order valence-corrected chi connectivity index (χ3v) is 2.97. The summed E-state index contributed by atoms with van der Waals surface area (Å²) in [5.41, 5.74) is -2.18. The van der Waals surface area contributed by atoms with Crippen molar-refractivity contribution in [2.45, 2.75) is 18.3 Å². The molecule has 0 saturated carbocycles. The van der Waals surface area contributed by atoms with E-state index in [4.69, 9.17) is 14.2 Å². The van der Waals surface area contributed by atoms with E-state index >= 15 is 0 Å². The zero-order chi connectivity index (χ0) is 15.3. The Morgan fingerprint density at radius 3 is 2.55 bits per heavy atom. The van der Waals surface area contributed by atoms with Gasteiger partial charge in [-0.3, -0.25) is 4.98 Å². The van der Waals surface area contributed by atoms with Crippen LogP contribution in [0.15, 0.2) is 24.4 Å². The molecular formula is C13H16LiNO7. The van der Waals surface area contributed by atoms with Crippen LogP contribution in [0.4, 0.5) is 0 Å². The minimum atomic E-state index is -2.47. The average molecular weight is 305 g/mol. The third-order valence-electron chi connectivity index (χ3n) is 2.97. The Kier molecular flexibility index (Phi) is 6.99. The van der Waals surface area contributed by atoms with Crippen molar-refractivity contribution in [2.24, 2.45) is 0 Å². The molecule has 116 valence electrons. The predicted octanol–water partition coefficient (Wildman–Crippen LogP) is -0.727. The van der Waals surface area contributed by atoms with Crippen molar-refractivity contribution in [3.63, 3.8) is 0 Å². The molecule has 8 nitrogen and oxygen atoms in total. The molecule has 1 saturated heterocycles. The van der Waals surface area contributed by atoms with Gasteiger partial charge in [-0.05, 0) is 12.1 Å². The van der Waals surface area contributed by atoms with Crippen molar-refractivity contribution in [3.05, 3.63) is 30.1 Å². The molecule has 0 aromatic carbocycles. The van der Waals surface area contributed by atoms with Crippen molar-refractivity contribution in [2.75, 3.05) is 19.8 Å². The quantitative estimate of drug-likeness (QED) is 0.522. The molecule has 2 heterocycles. The average Bonchev–Trinajstić information content (AvgIpc) is 2.48. The van der Waals surface area contributed by atoms with E-state index in [9.17, 15) is 19.8 Å². The van der Waals surface area contributed by atoms with E-state index < -0.39 is 30.3 Å². The number of carboxylic acids is 2. The summed E-state index contributed by atoms with van der Waals surface area (Å²) in [6.45, 7) is 0.543. The first-order valence-electron chi connectivity index (χ1n) is 6.28. The number of carbonyl (C=O) groups is 2. The Morgan fingerprint density at radius 2 is 2.05 bits per heavy atom. The van der Waals surface area contributed by atoms with Crippen LogP contribution in [0.25, 0.3) is 0 Å². The minimum absolute atomic E-state index is 0. The van der Waals surface area contributed by atoms with E-state index in [0.29, 0.717) is 12.3 Å². The van der Waals surface area contributed by atoms with Crippen LogP contribution in [0.3, 0.4) is 0 Å². The Balaban J connectivity index is 0.00000242. The Bertz CT molecular complexity index is 490. The molecule has 1 fully saturated rings. The maximum absolute atomic E-state index is 11.5. The fourth-order valence-corrected chi connectivity index (χ4v) is 1.90. The number of nitrogens with zero attached hydrogens (tertiary/aromatic N) is 1. The molecule has 1 aromatic heterocycles. The summed E-state index contributed by atoms with van der Waals surface area (Å²) in [5, 5.41) is 18.7. The van der Waals surface area contributed by atoms with Crippen molar-refractivity contribution < 1.29 is 34.0 Å². The molecule has 22 heavy (non-hydrogen) atoms. The summed E-state index contributed by atoms with van der Waals surface area (Å²) in [5.74, 6) is -3.23. The van der Waals surface area contributed by atoms with Gasteiger partial charge in [0.05, 0.1) is 19.8 Å². The molecule has 0 amide bonds. The van der Waals surface area contributed by atoms with Crippen LogP contribution in [-0.4, -0.2) is 77.7 Å². The number of hydrogen-bond donors (Lipinski definition) is 2. The van der Waals surface area contributed by atoms with Crippen LogP contribution in [0, 0.1) is 0 Å². The first kappa shape index (κ1) is 18.6. The van der Waals surface area contributed by atoms with Gasteiger partial charge in [0.1, 0.15) is 0 Å². The second-order valence-electron chi connectivity index (χ2n) is 4.43. The van der Waals surface area contributed by atoms with Crippen molar-refractivity contribution in [3.8, 4) is 0 Å². The summed E-state index contributed by atoms with van der Waals surface area (Å²) in [6, 6.07) is 4.81. The molecule has 0 aliphatic carbocycles. The number of carboxylic acid groups (broad SMARTS) is 2. The summed E-state index contributed by atoms with van der Waals surface area (Å²) in [4.78, 5) is 27.0. The zero-order valence-electron chi connectivity index (χ0n) is 11.1. The fourth-order valence-electron chi connectivity index (χ4n) is 1.90. The number of aromatic nitrogens is 1. The second-order valence-corrected chi connectivity index (χ2v) is 4.43. The standard InChI is InChI=1S/C13H15NO7.Li.H/c15-11(16)13(12(17)18,7-9-3-1-2-4-14-9)21-10-8-19-5-6-20-10;;/h1-4,10H,5-8H2,(H,15,16)(H,17,18);;. The normalized spacial score (nSPS) is 18.3. The SMILES string of the molecule is O=C(O)C(Cc1ccccn1)(OC1COCCO1)C(=O)O.[LiH]. The Labute approximate surface area is 138 Å². The van der Waals surface area contributed by atoms with E-state index in [1.807, 2.05) is 0 Å². The van der Waals surface area contributed by atoms with Gasteiger partial charge in [-0.15, -0.1) is 0 Å². The van der Waals surface area contributed by atoms with Crippen molar-refractivity contribution >= 4 is 30.8 Å². The topological polar surface area (TPSA) is 115 Å². The van der Waals surface area contributed by atoms with Crippen LogP contribution >= 0.6 is 0 Å². The van der Waals surface area contributed by atoms with E-state index in [1.54, 1.807) is 12.1 Å². The Morgan fingerprint density at radius 1 is 1.32 bits per heavy atom. The number of rotatable bonds is 6. The molecule has 1 aromatic rings. The zero-order valence-corrected chi connectivity index (χ0v) is 11.1. The fraction of sp³-hybridized carbons (Fsp3) is 0.462. The summed E-state index contributed by atoms with van der Waals surface area (Å²) < 4.78 is 15.5. The summed E-state index contributed by atoms with van der Waals surface area (Å²) in [7, 11) is 0. The van der Waals surface area contributed by atoms with Gasteiger partial charge >= 0.3 is 30.8 Å². The van der Waals surface area contributed by atoms with Crippen LogP contribution in [0.2, 0.25) is 0 Å². The van der Waals surface area contributed by atoms with Gasteiger partial charge < -0.3 is 24.4 Å². The second kappa shape index (κ2) is 8.27. The Hall–Kier alpha value is -1.43. The molecule has 2 rings (SSSR count). The summed E-state index contributed by atoms with van der Waals surface area (Å²) in [6.07, 6.45) is -0.0165. The first-order chi connectivity index (χ1) is 10.0.